The fraction of sp³-hybridized carbons (Fsp3) is 0.438. The highest BCUT2D eigenvalue weighted by Gasteiger charge is 2.28. The number of pyridine rings is 1. The van der Waals surface area contributed by atoms with Crippen molar-refractivity contribution in [1.29, 1.82) is 0 Å². The van der Waals surface area contributed by atoms with Crippen LogP contribution in [-0.4, -0.2) is 29.5 Å². The molecule has 130 valence electrons. The van der Waals surface area contributed by atoms with Gasteiger partial charge in [0.2, 0.25) is 11.6 Å². The van der Waals surface area contributed by atoms with E-state index < -0.39 is 29.2 Å². The van der Waals surface area contributed by atoms with Crippen LogP contribution < -0.4 is 5.32 Å². The van der Waals surface area contributed by atoms with Crippen LogP contribution in [-0.2, 0) is 0 Å². The molecule has 0 bridgehead atoms. The summed E-state index contributed by atoms with van der Waals surface area (Å²) in [6.07, 6.45) is 2.02. The molecule has 2 aromatic heterocycles. The second-order valence-electron chi connectivity index (χ2n) is 5.78. The third-order valence-electron chi connectivity index (χ3n) is 4.14. The molecule has 0 spiro atoms. The molecule has 0 aromatic carbocycles. The van der Waals surface area contributed by atoms with Gasteiger partial charge in [-0.25, -0.2) is 0 Å². The van der Waals surface area contributed by atoms with E-state index in [1.807, 2.05) is 0 Å². The number of aryl methyl sites for hydroxylation is 1. The van der Waals surface area contributed by atoms with Gasteiger partial charge < -0.3 is 9.73 Å². The van der Waals surface area contributed by atoms with Gasteiger partial charge in [-0.15, -0.1) is 0 Å². The van der Waals surface area contributed by atoms with Gasteiger partial charge in [-0.05, 0) is 45.0 Å². The van der Waals surface area contributed by atoms with Crippen molar-refractivity contribution in [3.05, 3.63) is 47.2 Å². The highest BCUT2D eigenvalue weighted by Crippen LogP contribution is 2.29. The number of hydrogen-bond donors (Lipinski definition) is 1. The Hall–Kier alpha value is -2.09. The Morgan fingerprint density at radius 2 is 1.75 bits per heavy atom. The fourth-order valence-corrected chi connectivity index (χ4v) is 2.94. The molecule has 1 aliphatic rings. The quantitative estimate of drug-likeness (QED) is 0.662. The van der Waals surface area contributed by atoms with E-state index in [0.717, 1.165) is 25.9 Å². The summed E-state index contributed by atoms with van der Waals surface area (Å²) in [6.45, 7) is 3.47. The van der Waals surface area contributed by atoms with E-state index in [0.29, 0.717) is 11.5 Å². The first-order valence-corrected chi connectivity index (χ1v) is 7.71. The predicted molar refractivity (Wildman–Crippen MR) is 79.6 cm³/mol. The van der Waals surface area contributed by atoms with Crippen molar-refractivity contribution < 1.29 is 22.0 Å². The Morgan fingerprint density at radius 3 is 2.29 bits per heavy atom. The van der Waals surface area contributed by atoms with Gasteiger partial charge in [-0.2, -0.15) is 22.5 Å². The van der Waals surface area contributed by atoms with E-state index in [4.69, 9.17) is 4.42 Å². The molecule has 3 rings (SSSR count). The van der Waals surface area contributed by atoms with E-state index in [2.05, 4.69) is 15.2 Å². The number of rotatable bonds is 5. The van der Waals surface area contributed by atoms with Crippen molar-refractivity contribution >= 4 is 5.69 Å². The molecule has 1 aliphatic heterocycles. The molecule has 1 saturated heterocycles. The van der Waals surface area contributed by atoms with Gasteiger partial charge in [0.25, 0.3) is 11.9 Å². The second kappa shape index (κ2) is 6.80. The second-order valence-corrected chi connectivity index (χ2v) is 5.78. The van der Waals surface area contributed by atoms with Gasteiger partial charge in [0.1, 0.15) is 17.2 Å². The Kier molecular flexibility index (Phi) is 4.75. The van der Waals surface area contributed by atoms with Crippen LogP contribution in [0.25, 0.3) is 0 Å². The van der Waals surface area contributed by atoms with Crippen molar-refractivity contribution in [2.45, 2.75) is 25.8 Å². The number of furan rings is 1. The minimum absolute atomic E-state index is 0.0453. The summed E-state index contributed by atoms with van der Waals surface area (Å²) in [6, 6.07) is 3.30. The normalized spacial score (nSPS) is 16.5. The van der Waals surface area contributed by atoms with Crippen LogP contribution in [0.5, 0.6) is 0 Å². The average Bonchev–Trinajstić information content (AvgIpc) is 3.21. The van der Waals surface area contributed by atoms with Crippen LogP contribution in [0.15, 0.2) is 16.5 Å². The summed E-state index contributed by atoms with van der Waals surface area (Å²) in [4.78, 5) is 4.65. The highest BCUT2D eigenvalue weighted by atomic mass is 19.2. The number of nitrogens with zero attached hydrogens (tertiary/aromatic N) is 2. The first kappa shape index (κ1) is 16.8. The zero-order chi connectivity index (χ0) is 17.3. The van der Waals surface area contributed by atoms with Crippen LogP contribution >= 0.6 is 0 Å². The van der Waals surface area contributed by atoms with Gasteiger partial charge in [-0.1, -0.05) is 0 Å². The molecule has 1 unspecified atom stereocenters. The van der Waals surface area contributed by atoms with Crippen molar-refractivity contribution in [3.63, 3.8) is 0 Å². The summed E-state index contributed by atoms with van der Waals surface area (Å²) < 4.78 is 59.5. The summed E-state index contributed by atoms with van der Waals surface area (Å²) in [5.41, 5.74) is -0.854. The van der Waals surface area contributed by atoms with Crippen LogP contribution in [0, 0.1) is 30.5 Å². The first-order valence-electron chi connectivity index (χ1n) is 7.71. The smallest absolute Gasteiger partial charge is 0.253 e. The maximum Gasteiger partial charge on any atom is 0.253 e. The average molecular weight is 343 g/mol. The Labute approximate surface area is 136 Å². The van der Waals surface area contributed by atoms with Crippen LogP contribution in [0.2, 0.25) is 0 Å². The number of hydrogen-bond acceptors (Lipinski definition) is 4. The fourth-order valence-electron chi connectivity index (χ4n) is 2.94. The minimum Gasteiger partial charge on any atom is -0.465 e. The standard InChI is InChI=1S/C16H17F4N3O/c1-9-4-5-11(24-9)10(23-6-2-3-7-23)8-21-14-12(17)15(19)22-16(20)13(14)18/h4-5,10H,2-3,6-8H2,1H3,(H,21,22). The maximum atomic E-state index is 13.7. The predicted octanol–water partition coefficient (Wildman–Crippen LogP) is 3.79. The van der Waals surface area contributed by atoms with Gasteiger partial charge in [0, 0.05) is 6.54 Å². The number of aromatic nitrogens is 1. The number of halogens is 4. The van der Waals surface area contributed by atoms with Gasteiger partial charge in [0.05, 0.1) is 6.04 Å². The van der Waals surface area contributed by atoms with Crippen LogP contribution in [0.4, 0.5) is 23.2 Å². The van der Waals surface area contributed by atoms with Crippen molar-refractivity contribution in [1.82, 2.24) is 9.88 Å². The maximum absolute atomic E-state index is 13.7. The molecule has 1 fully saturated rings. The molecule has 3 heterocycles. The highest BCUT2D eigenvalue weighted by molar-refractivity contribution is 5.45. The minimum atomic E-state index is -1.68. The lowest BCUT2D eigenvalue weighted by molar-refractivity contribution is 0.222. The van der Waals surface area contributed by atoms with Gasteiger partial charge >= 0.3 is 0 Å². The molecule has 0 saturated carbocycles. The van der Waals surface area contributed by atoms with Gasteiger partial charge in [0.15, 0.2) is 0 Å². The van der Waals surface area contributed by atoms with Crippen molar-refractivity contribution in [3.8, 4) is 0 Å². The summed E-state index contributed by atoms with van der Waals surface area (Å²) >= 11 is 0. The van der Waals surface area contributed by atoms with E-state index in [1.54, 1.807) is 19.1 Å². The Bertz CT molecular complexity index is 702. The topological polar surface area (TPSA) is 41.3 Å². The SMILES string of the molecule is Cc1ccc(C(CNc2c(F)c(F)nc(F)c2F)N2CCCC2)o1. The Morgan fingerprint density at radius 1 is 1.12 bits per heavy atom. The number of nitrogens with one attached hydrogen (secondary N) is 1. The van der Waals surface area contributed by atoms with Crippen molar-refractivity contribution in [2.24, 2.45) is 0 Å². The largest absolute Gasteiger partial charge is 0.465 e. The summed E-state index contributed by atoms with van der Waals surface area (Å²) in [5, 5.41) is 2.48. The molecule has 1 atom stereocenters. The van der Waals surface area contributed by atoms with Crippen LogP contribution in [0.3, 0.4) is 0 Å². The van der Waals surface area contributed by atoms with E-state index in [1.165, 1.54) is 0 Å². The monoisotopic (exact) mass is 343 g/mol. The molecule has 4 nitrogen and oxygen atoms in total. The molecule has 0 aliphatic carbocycles. The molecule has 24 heavy (non-hydrogen) atoms. The molecule has 0 radical (unpaired) electrons. The number of likely N-dealkylation sites (tertiary alicyclic amines) is 1. The first-order chi connectivity index (χ1) is 11.5. The third-order valence-corrected chi connectivity index (χ3v) is 4.14. The molecular formula is C16H17F4N3O. The lowest BCUT2D eigenvalue weighted by Crippen LogP contribution is -2.31. The van der Waals surface area contributed by atoms with E-state index in [9.17, 15) is 17.6 Å². The summed E-state index contributed by atoms with van der Waals surface area (Å²) in [7, 11) is 0. The Balaban J connectivity index is 1.84. The zero-order valence-electron chi connectivity index (χ0n) is 13.1. The molecule has 0 amide bonds. The molecule has 2 aromatic rings. The van der Waals surface area contributed by atoms with E-state index in [-0.39, 0.29) is 12.6 Å². The molecular weight excluding hydrogens is 326 g/mol. The third kappa shape index (κ3) is 3.24. The summed E-state index contributed by atoms with van der Waals surface area (Å²) in [5.74, 6) is -5.08. The zero-order valence-corrected chi connectivity index (χ0v) is 13.1. The molecule has 1 N–H and O–H groups in total. The van der Waals surface area contributed by atoms with Crippen molar-refractivity contribution in [2.75, 3.05) is 25.0 Å². The lowest BCUT2D eigenvalue weighted by Gasteiger charge is -2.26. The van der Waals surface area contributed by atoms with Crippen LogP contribution in [0.1, 0.15) is 30.4 Å². The molecule has 8 heteroatoms. The number of anilines is 1. The lowest BCUT2D eigenvalue weighted by atomic mass is 10.2. The van der Waals surface area contributed by atoms with Gasteiger partial charge in [-0.3, -0.25) is 4.90 Å². The van der Waals surface area contributed by atoms with E-state index >= 15 is 0 Å².